The fraction of sp³-hybridized carbons (Fsp3) is 0.947. The van der Waals surface area contributed by atoms with Crippen LogP contribution in [-0.4, -0.2) is 96.7 Å². The Morgan fingerprint density at radius 3 is 0.716 bits per heavy atom. The number of carbonyl (C=O) groups is 4. The van der Waals surface area contributed by atoms with Crippen molar-refractivity contribution in [2.75, 3.05) is 39.6 Å². The third kappa shape index (κ3) is 70.3. The quantitative estimate of drug-likeness (QED) is 0.0222. The Balaban J connectivity index is 5.16. The molecule has 0 aliphatic carbocycles. The van der Waals surface area contributed by atoms with E-state index in [1.165, 1.54) is 212 Å². The molecule has 0 fully saturated rings. The van der Waals surface area contributed by atoms with E-state index >= 15 is 0 Å². The highest BCUT2D eigenvalue weighted by Gasteiger charge is 2.30. The third-order valence-corrected chi connectivity index (χ3v) is 19.7. The first-order valence-electron chi connectivity index (χ1n) is 39.6. The molecule has 5 atom stereocenters. The number of rotatable bonds is 76. The second-order valence-electron chi connectivity index (χ2n) is 27.9. The molecule has 0 spiro atoms. The van der Waals surface area contributed by atoms with Gasteiger partial charge < -0.3 is 33.8 Å². The van der Waals surface area contributed by atoms with Gasteiger partial charge in [0.15, 0.2) is 12.2 Å². The number of hydrogen-bond acceptors (Lipinski definition) is 15. The molecule has 0 amide bonds. The number of carbonyl (C=O) groups excluding carboxylic acids is 4. The third-order valence-electron chi connectivity index (χ3n) is 17.8. The minimum Gasteiger partial charge on any atom is -0.462 e. The first-order chi connectivity index (χ1) is 46.0. The van der Waals surface area contributed by atoms with Gasteiger partial charge in [-0.05, 0) is 31.6 Å². The number of hydrogen-bond donors (Lipinski definition) is 3. The van der Waals surface area contributed by atoms with E-state index in [1.54, 1.807) is 0 Å². The normalized spacial score (nSPS) is 13.9. The second-order valence-corrected chi connectivity index (χ2v) is 30.8. The van der Waals surface area contributed by atoms with E-state index in [9.17, 15) is 43.2 Å². The van der Waals surface area contributed by atoms with Crippen LogP contribution < -0.4 is 0 Å². The van der Waals surface area contributed by atoms with Crippen molar-refractivity contribution >= 4 is 39.5 Å². The molecule has 0 bridgehead atoms. The van der Waals surface area contributed by atoms with Crippen LogP contribution in [0.15, 0.2) is 0 Å². The maximum absolute atomic E-state index is 13.1. The number of aliphatic hydroxyl groups excluding tert-OH is 1. The van der Waals surface area contributed by atoms with Crippen molar-refractivity contribution < 1.29 is 80.2 Å². The van der Waals surface area contributed by atoms with Crippen molar-refractivity contribution in [1.82, 2.24) is 0 Å². The summed E-state index contributed by atoms with van der Waals surface area (Å²) in [6, 6.07) is 0. The van der Waals surface area contributed by atoms with E-state index in [1.807, 2.05) is 0 Å². The molecule has 3 N–H and O–H groups in total. The lowest BCUT2D eigenvalue weighted by Crippen LogP contribution is -2.30. The van der Waals surface area contributed by atoms with Crippen LogP contribution >= 0.6 is 15.6 Å². The van der Waals surface area contributed by atoms with Crippen molar-refractivity contribution in [3.05, 3.63) is 0 Å². The average molecular weight is 1400 g/mol. The number of phosphoric acid groups is 2. The van der Waals surface area contributed by atoms with Crippen molar-refractivity contribution in [3.8, 4) is 0 Å². The van der Waals surface area contributed by atoms with E-state index in [4.69, 9.17) is 37.0 Å². The molecule has 0 aliphatic heterocycles. The molecular weight excluding hydrogens is 1250 g/mol. The molecular formula is C76H148O17P2. The van der Waals surface area contributed by atoms with Crippen LogP contribution in [-0.2, 0) is 65.4 Å². The lowest BCUT2D eigenvalue weighted by atomic mass is 10.0. The minimum atomic E-state index is -4.96. The van der Waals surface area contributed by atoms with Gasteiger partial charge in [0.2, 0.25) is 0 Å². The zero-order chi connectivity index (χ0) is 69.8. The lowest BCUT2D eigenvalue weighted by Gasteiger charge is -2.21. The van der Waals surface area contributed by atoms with Gasteiger partial charge in [-0.1, -0.05) is 349 Å². The first kappa shape index (κ1) is 93.1. The van der Waals surface area contributed by atoms with E-state index in [2.05, 4.69) is 34.6 Å². The van der Waals surface area contributed by atoms with E-state index in [0.29, 0.717) is 25.7 Å². The summed E-state index contributed by atoms with van der Waals surface area (Å²) in [6.45, 7) is 7.28. The average Bonchev–Trinajstić information content (AvgIpc) is 1.30. The fourth-order valence-corrected chi connectivity index (χ4v) is 13.3. The highest BCUT2D eigenvalue weighted by molar-refractivity contribution is 7.47. The van der Waals surface area contributed by atoms with Crippen molar-refractivity contribution in [2.45, 2.75) is 419 Å². The molecule has 0 aromatic rings. The van der Waals surface area contributed by atoms with Gasteiger partial charge in [0.1, 0.15) is 19.3 Å². The number of phosphoric ester groups is 2. The van der Waals surface area contributed by atoms with Gasteiger partial charge >= 0.3 is 39.5 Å². The van der Waals surface area contributed by atoms with Crippen molar-refractivity contribution in [2.24, 2.45) is 5.92 Å². The molecule has 0 aromatic carbocycles. The molecule has 564 valence electrons. The number of ether oxygens (including phenoxy) is 4. The Morgan fingerprint density at radius 2 is 0.484 bits per heavy atom. The Morgan fingerprint density at radius 1 is 0.284 bits per heavy atom. The molecule has 0 radical (unpaired) electrons. The molecule has 0 rings (SSSR count). The van der Waals surface area contributed by atoms with Crippen LogP contribution in [0.4, 0.5) is 0 Å². The maximum atomic E-state index is 13.1. The summed E-state index contributed by atoms with van der Waals surface area (Å²) in [5.74, 6) is -1.30. The van der Waals surface area contributed by atoms with Crippen molar-refractivity contribution in [3.63, 3.8) is 0 Å². The molecule has 17 nitrogen and oxygen atoms in total. The summed E-state index contributed by atoms with van der Waals surface area (Å²) < 4.78 is 68.4. The first-order valence-corrected chi connectivity index (χ1v) is 42.6. The summed E-state index contributed by atoms with van der Waals surface area (Å²) in [6.07, 6.45) is 58.4. The SMILES string of the molecule is CCCCCCCCCCCCCCCCCCC(=O)OC[C@H](COP(=O)(O)OC[C@@H](O)COP(=O)(O)OC[C@@H](COC(=O)CCCCCCCCC)OC(=O)CCCCCCCCCCCCC)OC(=O)CCCCCCCCCCCCCCCCCCCCC(C)C. The van der Waals surface area contributed by atoms with E-state index < -0.39 is 97.5 Å². The summed E-state index contributed by atoms with van der Waals surface area (Å²) >= 11 is 0. The Labute approximate surface area is 581 Å². The Kier molecular flexibility index (Phi) is 67.7. The van der Waals surface area contributed by atoms with E-state index in [0.717, 1.165) is 109 Å². The van der Waals surface area contributed by atoms with Gasteiger partial charge in [-0.15, -0.1) is 0 Å². The topological polar surface area (TPSA) is 237 Å². The van der Waals surface area contributed by atoms with Crippen molar-refractivity contribution in [1.29, 1.82) is 0 Å². The summed E-state index contributed by atoms with van der Waals surface area (Å²) in [5.41, 5.74) is 0. The predicted molar refractivity (Wildman–Crippen MR) is 386 cm³/mol. The van der Waals surface area contributed by atoms with Gasteiger partial charge in [0.05, 0.1) is 26.4 Å². The second kappa shape index (κ2) is 69.2. The van der Waals surface area contributed by atoms with Gasteiger partial charge in [0, 0.05) is 25.7 Å². The molecule has 19 heteroatoms. The summed E-state index contributed by atoms with van der Waals surface area (Å²) in [4.78, 5) is 72.6. The Bertz CT molecular complexity index is 1820. The van der Waals surface area contributed by atoms with Gasteiger partial charge in [-0.2, -0.15) is 0 Å². The highest BCUT2D eigenvalue weighted by atomic mass is 31.2. The van der Waals surface area contributed by atoms with Crippen LogP contribution in [0.25, 0.3) is 0 Å². The number of unbranched alkanes of at least 4 members (excludes halogenated alkanes) is 48. The van der Waals surface area contributed by atoms with Gasteiger partial charge in [-0.25, -0.2) is 9.13 Å². The van der Waals surface area contributed by atoms with Crippen LogP contribution in [0.5, 0.6) is 0 Å². The van der Waals surface area contributed by atoms with Crippen LogP contribution in [0.3, 0.4) is 0 Å². The molecule has 0 heterocycles. The monoisotopic (exact) mass is 1400 g/mol. The predicted octanol–water partition coefficient (Wildman–Crippen LogP) is 22.5. The zero-order valence-electron chi connectivity index (χ0n) is 61.8. The van der Waals surface area contributed by atoms with Crippen LogP contribution in [0.2, 0.25) is 0 Å². The standard InChI is InChI=1S/C76H148O17P2/c1-6-9-12-15-18-20-22-23-24-30-33-37-40-45-50-55-60-74(79)87-66-72(93-76(81)62-57-52-47-42-38-34-31-28-26-25-27-29-32-36-39-44-48-53-58-69(4)5)68-91-95(84,85)89-64-70(77)63-88-94(82,83)90-67-71(65-86-73(78)59-54-49-43-17-14-11-8-3)92-75(80)61-56-51-46-41-35-21-19-16-13-10-7-2/h69-72,77H,6-68H2,1-5H3,(H,82,83)(H,84,85)/t70-,71+,72+/m0/s1. The summed E-state index contributed by atoms with van der Waals surface area (Å²) in [5, 5.41) is 10.6. The molecule has 0 saturated carbocycles. The van der Waals surface area contributed by atoms with Gasteiger partial charge in [-0.3, -0.25) is 37.3 Å². The summed E-state index contributed by atoms with van der Waals surface area (Å²) in [7, 11) is -9.90. The molecule has 95 heavy (non-hydrogen) atoms. The number of aliphatic hydroxyl groups is 1. The molecule has 0 aromatic heterocycles. The highest BCUT2D eigenvalue weighted by Crippen LogP contribution is 2.45. The molecule has 2 unspecified atom stereocenters. The van der Waals surface area contributed by atoms with Crippen LogP contribution in [0, 0.1) is 5.92 Å². The fourth-order valence-electron chi connectivity index (χ4n) is 11.7. The molecule has 0 saturated heterocycles. The van der Waals surface area contributed by atoms with Gasteiger partial charge in [0.25, 0.3) is 0 Å². The lowest BCUT2D eigenvalue weighted by molar-refractivity contribution is -0.161. The minimum absolute atomic E-state index is 0.107. The van der Waals surface area contributed by atoms with E-state index in [-0.39, 0.29) is 25.7 Å². The van der Waals surface area contributed by atoms with Crippen LogP contribution in [0.1, 0.15) is 401 Å². The smallest absolute Gasteiger partial charge is 0.462 e. The number of esters is 4. The Hall–Kier alpha value is -1.94. The largest absolute Gasteiger partial charge is 0.472 e. The zero-order valence-corrected chi connectivity index (χ0v) is 63.6. The maximum Gasteiger partial charge on any atom is 0.472 e. The molecule has 0 aliphatic rings.